The van der Waals surface area contributed by atoms with E-state index in [2.05, 4.69) is 79.1 Å². The number of fused-ring (bicyclic) bond motifs is 2. The lowest BCUT2D eigenvalue weighted by atomic mass is 9.88. The van der Waals surface area contributed by atoms with Gasteiger partial charge in [-0.3, -0.25) is 9.59 Å². The van der Waals surface area contributed by atoms with Gasteiger partial charge in [0.05, 0.1) is 44.0 Å². The standard InChI is InChI=1S/C36H42N6O3.C8H10N2O2/c1-21(2)32(41-36(44)45-3)35(43)42-16-4-5-31(42)34-38-20-30(40-34)26-14-10-24(11-15-26)23-8-12-25(13-9-23)29-19-37-33(39-29)28-18-22-6-7-27(28)17-22;1-12-8-3-2-7(5-10-8)4-9-6-11/h8-15,19-22,27-28,31-32H,4-7,16-18H2,1-3H3,(H,37,39)(H,38,40)(H,41,44);2-3,5-6H,4H2,1H3,(H,9,11). The van der Waals surface area contributed by atoms with Crippen LogP contribution >= 0.6 is 0 Å². The lowest BCUT2D eigenvalue weighted by molar-refractivity contribution is -0.135. The van der Waals surface area contributed by atoms with E-state index in [1.807, 2.05) is 37.2 Å². The second kappa shape index (κ2) is 17.9. The molecule has 3 aromatic heterocycles. The van der Waals surface area contributed by atoms with Gasteiger partial charge in [0.25, 0.3) is 0 Å². The van der Waals surface area contributed by atoms with Crippen molar-refractivity contribution in [3.05, 3.63) is 96.5 Å². The van der Waals surface area contributed by atoms with E-state index < -0.39 is 12.1 Å². The minimum Gasteiger partial charge on any atom is -0.481 e. The molecule has 4 N–H and O–H groups in total. The lowest BCUT2D eigenvalue weighted by Gasteiger charge is -2.30. The summed E-state index contributed by atoms with van der Waals surface area (Å²) in [5, 5.41) is 5.25. The van der Waals surface area contributed by atoms with Crippen LogP contribution in [0.15, 0.2) is 79.3 Å². The normalized spacial score (nSPS) is 20.1. The van der Waals surface area contributed by atoms with E-state index in [1.54, 1.807) is 19.4 Å². The highest BCUT2D eigenvalue weighted by Crippen LogP contribution is 2.52. The number of pyridine rings is 1. The third kappa shape index (κ3) is 9.03. The molecule has 2 bridgehead atoms. The minimum atomic E-state index is -0.655. The molecule has 3 amide bonds. The Morgan fingerprint density at radius 3 is 2.02 bits per heavy atom. The highest BCUT2D eigenvalue weighted by molar-refractivity contribution is 5.86. The van der Waals surface area contributed by atoms with Crippen molar-refractivity contribution in [3.63, 3.8) is 0 Å². The molecule has 57 heavy (non-hydrogen) atoms. The molecule has 5 aromatic rings. The molecule has 1 saturated heterocycles. The number of carbonyl (C=O) groups excluding carboxylic acids is 3. The Hall–Kier alpha value is -5.98. The van der Waals surface area contributed by atoms with Crippen LogP contribution < -0.4 is 15.4 Å². The van der Waals surface area contributed by atoms with Crippen molar-refractivity contribution in [2.45, 2.75) is 76.9 Å². The van der Waals surface area contributed by atoms with Gasteiger partial charge in [0, 0.05) is 31.3 Å². The SMILES string of the molecule is COC(=O)NC(C(=O)N1CCCC1c1ncc(-c2ccc(-c3ccc(-c4cnc(C5CC6CCC5C6)[nH]4)cc3)cc2)[nH]1)C(C)C.COc1ccc(CNC=O)cn1. The molecule has 5 unspecified atom stereocenters. The molecular weight excluding hydrogens is 721 g/mol. The molecule has 4 heterocycles. The Labute approximate surface area is 333 Å². The number of likely N-dealkylation sites (tertiary alicyclic amines) is 1. The van der Waals surface area contributed by atoms with Crippen LogP contribution in [-0.4, -0.2) is 75.0 Å². The van der Waals surface area contributed by atoms with Crippen LogP contribution in [0.1, 0.15) is 81.5 Å². The zero-order chi connectivity index (χ0) is 39.9. The average Bonchev–Trinajstić information content (AvgIpc) is 4.11. The summed E-state index contributed by atoms with van der Waals surface area (Å²) in [5.74, 6) is 4.64. The van der Waals surface area contributed by atoms with Gasteiger partial charge in [-0.2, -0.15) is 0 Å². The number of alkyl carbamates (subject to hydrolysis) is 1. The maximum Gasteiger partial charge on any atom is 0.407 e. The number of ether oxygens (including phenoxy) is 2. The van der Waals surface area contributed by atoms with Gasteiger partial charge in [0.1, 0.15) is 17.7 Å². The number of hydrogen-bond acceptors (Lipinski definition) is 8. The number of nitrogens with one attached hydrogen (secondary N) is 4. The van der Waals surface area contributed by atoms with Crippen LogP contribution in [0.4, 0.5) is 4.79 Å². The highest BCUT2D eigenvalue weighted by Gasteiger charge is 2.41. The molecule has 13 heteroatoms. The third-order valence-corrected chi connectivity index (χ3v) is 11.6. The molecule has 3 aliphatic rings. The predicted molar refractivity (Wildman–Crippen MR) is 217 cm³/mol. The number of imidazole rings is 2. The Morgan fingerprint density at radius 2 is 1.47 bits per heavy atom. The number of methoxy groups -OCH3 is 2. The number of aromatic nitrogens is 5. The molecule has 2 aliphatic carbocycles. The zero-order valence-corrected chi connectivity index (χ0v) is 33.0. The number of hydrogen-bond donors (Lipinski definition) is 4. The number of benzene rings is 2. The van der Waals surface area contributed by atoms with Gasteiger partial charge in [-0.15, -0.1) is 0 Å². The van der Waals surface area contributed by atoms with E-state index >= 15 is 0 Å². The molecular formula is C44H52N8O5. The average molecular weight is 773 g/mol. The van der Waals surface area contributed by atoms with E-state index in [4.69, 9.17) is 14.5 Å². The molecule has 2 saturated carbocycles. The van der Waals surface area contributed by atoms with Crippen LogP contribution in [-0.2, 0) is 20.9 Å². The first-order chi connectivity index (χ1) is 27.7. The first-order valence-electron chi connectivity index (χ1n) is 19.9. The summed E-state index contributed by atoms with van der Waals surface area (Å²) in [6.45, 7) is 4.96. The molecule has 5 atom stereocenters. The van der Waals surface area contributed by atoms with Crippen LogP contribution in [0.2, 0.25) is 0 Å². The van der Waals surface area contributed by atoms with E-state index in [1.165, 1.54) is 38.6 Å². The Morgan fingerprint density at radius 1 is 0.825 bits per heavy atom. The van der Waals surface area contributed by atoms with Crippen molar-refractivity contribution in [3.8, 4) is 39.5 Å². The molecule has 13 nitrogen and oxygen atoms in total. The fourth-order valence-corrected chi connectivity index (χ4v) is 8.58. The third-order valence-electron chi connectivity index (χ3n) is 11.6. The number of nitrogens with zero attached hydrogens (tertiary/aromatic N) is 4. The van der Waals surface area contributed by atoms with Gasteiger partial charge < -0.3 is 35.0 Å². The molecule has 3 fully saturated rings. The van der Waals surface area contributed by atoms with E-state index in [0.717, 1.165) is 69.7 Å². The number of H-pyrrole nitrogens is 2. The Balaban J connectivity index is 0.000000356. The molecule has 8 rings (SSSR count). The molecule has 1 aliphatic heterocycles. The summed E-state index contributed by atoms with van der Waals surface area (Å²) in [6, 6.07) is 19.9. The summed E-state index contributed by atoms with van der Waals surface area (Å²) in [5.41, 5.74) is 7.43. The number of carbonyl (C=O) groups is 3. The monoisotopic (exact) mass is 772 g/mol. The van der Waals surface area contributed by atoms with Crippen molar-refractivity contribution in [1.82, 2.24) is 40.5 Å². The van der Waals surface area contributed by atoms with E-state index in [9.17, 15) is 14.4 Å². The first kappa shape index (κ1) is 39.3. The summed E-state index contributed by atoms with van der Waals surface area (Å²) < 4.78 is 9.62. The van der Waals surface area contributed by atoms with Crippen molar-refractivity contribution in [2.75, 3.05) is 20.8 Å². The fraction of sp³-hybridized carbons (Fsp3) is 0.409. The van der Waals surface area contributed by atoms with E-state index in [0.29, 0.717) is 31.3 Å². The number of amides is 3. The molecule has 2 aromatic carbocycles. The fourth-order valence-electron chi connectivity index (χ4n) is 8.58. The quantitative estimate of drug-likeness (QED) is 0.0951. The van der Waals surface area contributed by atoms with Gasteiger partial charge >= 0.3 is 6.09 Å². The predicted octanol–water partition coefficient (Wildman–Crippen LogP) is 7.42. The summed E-state index contributed by atoms with van der Waals surface area (Å²) in [7, 11) is 2.87. The highest BCUT2D eigenvalue weighted by atomic mass is 16.5. The van der Waals surface area contributed by atoms with Crippen LogP contribution in [0, 0.1) is 17.8 Å². The second-order valence-corrected chi connectivity index (χ2v) is 15.6. The number of aromatic amines is 2. The van der Waals surface area contributed by atoms with Crippen molar-refractivity contribution >= 4 is 18.4 Å². The van der Waals surface area contributed by atoms with Crippen molar-refractivity contribution < 1.29 is 23.9 Å². The summed E-state index contributed by atoms with van der Waals surface area (Å²) in [4.78, 5) is 57.6. The van der Waals surface area contributed by atoms with Crippen LogP contribution in [0.25, 0.3) is 33.6 Å². The zero-order valence-electron chi connectivity index (χ0n) is 33.0. The first-order valence-corrected chi connectivity index (χ1v) is 19.9. The van der Waals surface area contributed by atoms with Gasteiger partial charge in [-0.1, -0.05) is 74.9 Å². The Kier molecular flexibility index (Phi) is 12.3. The summed E-state index contributed by atoms with van der Waals surface area (Å²) >= 11 is 0. The van der Waals surface area contributed by atoms with Gasteiger partial charge in [-0.05, 0) is 77.7 Å². The Bertz CT molecular complexity index is 2110. The smallest absolute Gasteiger partial charge is 0.407 e. The van der Waals surface area contributed by atoms with Crippen LogP contribution in [0.5, 0.6) is 5.88 Å². The van der Waals surface area contributed by atoms with Gasteiger partial charge in [-0.25, -0.2) is 19.7 Å². The molecule has 0 radical (unpaired) electrons. The molecule has 298 valence electrons. The largest absolute Gasteiger partial charge is 0.481 e. The van der Waals surface area contributed by atoms with Crippen molar-refractivity contribution in [2.24, 2.45) is 17.8 Å². The lowest BCUT2D eigenvalue weighted by Crippen LogP contribution is -2.51. The molecule has 0 spiro atoms. The number of rotatable bonds is 12. The maximum atomic E-state index is 13.5. The minimum absolute atomic E-state index is 0.0743. The topological polar surface area (TPSA) is 167 Å². The van der Waals surface area contributed by atoms with E-state index in [-0.39, 0.29) is 17.9 Å². The second-order valence-electron chi connectivity index (χ2n) is 15.6. The van der Waals surface area contributed by atoms with Gasteiger partial charge in [0.2, 0.25) is 18.2 Å². The maximum absolute atomic E-state index is 13.5. The van der Waals surface area contributed by atoms with Gasteiger partial charge in [0.15, 0.2) is 0 Å². The van der Waals surface area contributed by atoms with Crippen LogP contribution in [0.3, 0.4) is 0 Å². The summed E-state index contributed by atoms with van der Waals surface area (Å²) in [6.07, 6.45) is 12.7. The van der Waals surface area contributed by atoms with Crippen molar-refractivity contribution in [1.29, 1.82) is 0 Å².